The largest absolute Gasteiger partial charge is 0.497 e. The zero-order chi connectivity index (χ0) is 27.4. The van der Waals surface area contributed by atoms with Crippen molar-refractivity contribution in [3.8, 4) is 22.8 Å². The Morgan fingerprint density at radius 1 is 1.00 bits per heavy atom. The van der Waals surface area contributed by atoms with Crippen LogP contribution >= 0.6 is 11.3 Å². The van der Waals surface area contributed by atoms with Gasteiger partial charge >= 0.3 is 5.97 Å². The van der Waals surface area contributed by atoms with Crippen molar-refractivity contribution >= 4 is 39.1 Å². The van der Waals surface area contributed by atoms with E-state index in [2.05, 4.69) is 5.32 Å². The Morgan fingerprint density at radius 3 is 2.62 bits per heavy atom. The molecule has 202 valence electrons. The number of carbonyl (C=O) groups excluding carboxylic acids is 2. The first-order valence-electron chi connectivity index (χ1n) is 13.3. The van der Waals surface area contributed by atoms with Crippen LogP contribution in [-0.2, 0) is 17.6 Å². The van der Waals surface area contributed by atoms with Crippen LogP contribution in [0.1, 0.15) is 63.8 Å². The van der Waals surface area contributed by atoms with Crippen LogP contribution in [0.4, 0.5) is 5.00 Å². The van der Waals surface area contributed by atoms with Crippen molar-refractivity contribution < 1.29 is 23.8 Å². The summed E-state index contributed by atoms with van der Waals surface area (Å²) in [5.74, 6) is 0.582. The number of hydrogen-bond acceptors (Lipinski definition) is 7. The van der Waals surface area contributed by atoms with Crippen LogP contribution in [0.3, 0.4) is 0 Å². The summed E-state index contributed by atoms with van der Waals surface area (Å²) in [6, 6.07) is 14.8. The molecular formula is C31H32N2O5S. The fraction of sp³-hybridized carbons (Fsp3) is 0.323. The number of esters is 1. The molecule has 1 aliphatic carbocycles. The minimum atomic E-state index is -0.366. The number of aromatic nitrogens is 1. The predicted octanol–water partition coefficient (Wildman–Crippen LogP) is 7.07. The van der Waals surface area contributed by atoms with Crippen LogP contribution in [0.5, 0.6) is 11.5 Å². The highest BCUT2D eigenvalue weighted by molar-refractivity contribution is 7.17. The quantitative estimate of drug-likeness (QED) is 0.189. The molecule has 0 atom stereocenters. The molecule has 0 saturated heterocycles. The van der Waals surface area contributed by atoms with Crippen LogP contribution in [0.25, 0.3) is 22.2 Å². The second-order valence-electron chi connectivity index (χ2n) is 9.50. The van der Waals surface area contributed by atoms with Gasteiger partial charge in [-0.15, -0.1) is 11.3 Å². The number of pyridine rings is 1. The number of aryl methyl sites for hydroxylation is 1. The van der Waals surface area contributed by atoms with Gasteiger partial charge in [0.25, 0.3) is 5.91 Å². The number of hydrogen-bond donors (Lipinski definition) is 1. The first kappa shape index (κ1) is 26.7. The van der Waals surface area contributed by atoms with E-state index >= 15 is 0 Å². The molecule has 1 aliphatic rings. The third kappa shape index (κ3) is 5.47. The van der Waals surface area contributed by atoms with Crippen LogP contribution in [0.15, 0.2) is 48.5 Å². The van der Waals surface area contributed by atoms with Gasteiger partial charge in [-0.2, -0.15) is 0 Å². The monoisotopic (exact) mass is 544 g/mol. The lowest BCUT2D eigenvalue weighted by Crippen LogP contribution is -2.16. The van der Waals surface area contributed by atoms with Crippen LogP contribution in [0.2, 0.25) is 0 Å². The first-order valence-corrected chi connectivity index (χ1v) is 14.1. The molecule has 1 N–H and O–H groups in total. The lowest BCUT2D eigenvalue weighted by atomic mass is 10.0. The summed E-state index contributed by atoms with van der Waals surface area (Å²) in [6.07, 6.45) is 5.69. The van der Waals surface area contributed by atoms with E-state index < -0.39 is 0 Å². The second-order valence-corrected chi connectivity index (χ2v) is 10.6. The van der Waals surface area contributed by atoms with E-state index in [1.807, 2.05) is 43.3 Å². The first-order chi connectivity index (χ1) is 19.0. The van der Waals surface area contributed by atoms with Gasteiger partial charge in [0.05, 0.1) is 43.2 Å². The van der Waals surface area contributed by atoms with Gasteiger partial charge in [0.1, 0.15) is 16.5 Å². The summed E-state index contributed by atoms with van der Waals surface area (Å²) in [4.78, 5) is 33.1. The molecule has 2 aromatic heterocycles. The van der Waals surface area contributed by atoms with Crippen molar-refractivity contribution in [2.75, 3.05) is 26.1 Å². The number of para-hydroxylation sites is 1. The Balaban J connectivity index is 1.58. The summed E-state index contributed by atoms with van der Waals surface area (Å²) in [5, 5.41) is 4.35. The maximum atomic E-state index is 13.9. The molecular weight excluding hydrogens is 512 g/mol. The molecule has 4 aromatic rings. The topological polar surface area (TPSA) is 86.8 Å². The van der Waals surface area contributed by atoms with Crippen molar-refractivity contribution in [2.24, 2.45) is 0 Å². The van der Waals surface area contributed by atoms with Crippen LogP contribution in [0, 0.1) is 0 Å². The Labute approximate surface area is 232 Å². The van der Waals surface area contributed by atoms with E-state index in [1.54, 1.807) is 26.4 Å². The molecule has 0 saturated carbocycles. The third-order valence-electron chi connectivity index (χ3n) is 6.94. The number of thiophene rings is 1. The molecule has 0 spiro atoms. The maximum absolute atomic E-state index is 13.9. The molecule has 0 unspecified atom stereocenters. The molecule has 5 rings (SSSR count). The van der Waals surface area contributed by atoms with Crippen molar-refractivity contribution in [1.82, 2.24) is 4.98 Å². The molecule has 2 aromatic carbocycles. The van der Waals surface area contributed by atoms with E-state index in [0.717, 1.165) is 59.9 Å². The predicted molar refractivity (Wildman–Crippen MR) is 154 cm³/mol. The number of carbonyl (C=O) groups is 2. The fourth-order valence-corrected chi connectivity index (χ4v) is 6.27. The third-order valence-corrected chi connectivity index (χ3v) is 8.14. The highest BCUT2D eigenvalue weighted by Crippen LogP contribution is 2.39. The number of nitrogens with one attached hydrogen (secondary N) is 1. The molecule has 0 fully saturated rings. The summed E-state index contributed by atoms with van der Waals surface area (Å²) >= 11 is 1.49. The molecule has 39 heavy (non-hydrogen) atoms. The number of fused-ring (bicyclic) bond motifs is 2. The molecule has 7 nitrogen and oxygen atoms in total. The Kier molecular flexibility index (Phi) is 8.12. The average molecular weight is 545 g/mol. The van der Waals surface area contributed by atoms with E-state index in [0.29, 0.717) is 45.4 Å². The van der Waals surface area contributed by atoms with Gasteiger partial charge in [0.2, 0.25) is 0 Å². The summed E-state index contributed by atoms with van der Waals surface area (Å²) < 4.78 is 16.5. The molecule has 0 radical (unpaired) electrons. The Bertz CT molecular complexity index is 1530. The zero-order valence-corrected chi connectivity index (χ0v) is 23.3. The second kappa shape index (κ2) is 11.9. The van der Waals surface area contributed by atoms with Gasteiger partial charge in [-0.25, -0.2) is 9.78 Å². The standard InChI is InChI=1S/C31H32N2O5S/c1-4-16-38-31(35)28-22-11-6-5-7-13-27(22)39-30(28)33-29(34)23-18-25(32-24-12-9-8-10-20(23)24)21-15-14-19(36-2)17-26(21)37-3/h8-10,12,14-15,17-18H,4-7,11,13,16H2,1-3H3,(H,33,34). The number of methoxy groups -OCH3 is 2. The lowest BCUT2D eigenvalue weighted by Gasteiger charge is -2.14. The van der Waals surface area contributed by atoms with Crippen molar-refractivity contribution in [1.29, 1.82) is 0 Å². The summed E-state index contributed by atoms with van der Waals surface area (Å²) in [6.45, 7) is 2.31. The van der Waals surface area contributed by atoms with Gasteiger partial charge in [-0.05, 0) is 61.9 Å². The molecule has 0 bridgehead atoms. The fourth-order valence-electron chi connectivity index (χ4n) is 5.00. The van der Waals surface area contributed by atoms with Gasteiger partial charge in [-0.1, -0.05) is 31.5 Å². The van der Waals surface area contributed by atoms with E-state index in [-0.39, 0.29) is 11.9 Å². The van der Waals surface area contributed by atoms with Gasteiger partial charge in [-0.3, -0.25) is 4.79 Å². The highest BCUT2D eigenvalue weighted by atomic mass is 32.1. The van der Waals surface area contributed by atoms with Crippen molar-refractivity contribution in [3.63, 3.8) is 0 Å². The van der Waals surface area contributed by atoms with E-state index in [9.17, 15) is 9.59 Å². The Hall–Kier alpha value is -3.91. The molecule has 2 heterocycles. The normalized spacial score (nSPS) is 12.9. The lowest BCUT2D eigenvalue weighted by molar-refractivity contribution is 0.0505. The number of ether oxygens (including phenoxy) is 3. The van der Waals surface area contributed by atoms with E-state index in [4.69, 9.17) is 19.2 Å². The number of anilines is 1. The Morgan fingerprint density at radius 2 is 1.82 bits per heavy atom. The van der Waals surface area contributed by atoms with Crippen LogP contribution < -0.4 is 14.8 Å². The van der Waals surface area contributed by atoms with Crippen molar-refractivity contribution in [3.05, 3.63) is 70.1 Å². The number of benzene rings is 2. The van der Waals surface area contributed by atoms with Gasteiger partial charge in [0.15, 0.2) is 0 Å². The number of nitrogens with zero attached hydrogens (tertiary/aromatic N) is 1. The molecule has 1 amide bonds. The number of amides is 1. The van der Waals surface area contributed by atoms with Crippen LogP contribution in [-0.4, -0.2) is 37.7 Å². The minimum Gasteiger partial charge on any atom is -0.497 e. The summed E-state index contributed by atoms with van der Waals surface area (Å²) in [5.41, 5.74) is 4.02. The highest BCUT2D eigenvalue weighted by Gasteiger charge is 2.27. The maximum Gasteiger partial charge on any atom is 0.341 e. The minimum absolute atomic E-state index is 0.303. The van der Waals surface area contributed by atoms with Crippen molar-refractivity contribution in [2.45, 2.75) is 45.4 Å². The number of rotatable bonds is 8. The summed E-state index contributed by atoms with van der Waals surface area (Å²) in [7, 11) is 3.19. The smallest absolute Gasteiger partial charge is 0.341 e. The van der Waals surface area contributed by atoms with Gasteiger partial charge in [0, 0.05) is 21.9 Å². The average Bonchev–Trinajstić information content (AvgIpc) is 3.14. The molecule has 0 aliphatic heterocycles. The van der Waals surface area contributed by atoms with E-state index in [1.165, 1.54) is 11.3 Å². The SMILES string of the molecule is CCCOC(=O)c1c(NC(=O)c2cc(-c3ccc(OC)cc3OC)nc3ccccc23)sc2c1CCCCC2. The van der Waals surface area contributed by atoms with Gasteiger partial charge < -0.3 is 19.5 Å². The zero-order valence-electron chi connectivity index (χ0n) is 22.5. The molecule has 8 heteroatoms.